The number of halogens is 2. The quantitative estimate of drug-likeness (QED) is 0.644. The maximum atomic E-state index is 13.8. The Morgan fingerprint density at radius 1 is 1.38 bits per heavy atom. The Labute approximate surface area is 144 Å². The molecule has 128 valence electrons. The highest BCUT2D eigenvalue weighted by molar-refractivity contribution is 7.11. The summed E-state index contributed by atoms with van der Waals surface area (Å²) in [6.45, 7) is 2.74. The van der Waals surface area contributed by atoms with Crippen molar-refractivity contribution in [2.75, 3.05) is 13.6 Å². The minimum atomic E-state index is -0.480. The lowest BCUT2D eigenvalue weighted by Gasteiger charge is -2.11. The third-order valence-electron chi connectivity index (χ3n) is 4.01. The Morgan fingerprint density at radius 3 is 2.75 bits per heavy atom. The molecule has 1 fully saturated rings. The van der Waals surface area contributed by atoms with Gasteiger partial charge in [0.2, 0.25) is 0 Å². The Kier molecular flexibility index (Phi) is 5.08. The number of aromatic nitrogens is 1. The smallest absolute Gasteiger partial charge is 0.191 e. The molecule has 0 saturated heterocycles. The minimum absolute atomic E-state index is 0.00436. The van der Waals surface area contributed by atoms with Crippen molar-refractivity contribution < 1.29 is 8.78 Å². The van der Waals surface area contributed by atoms with Gasteiger partial charge in [-0.25, -0.2) is 13.8 Å². The number of thiazole rings is 1. The topological polar surface area (TPSA) is 49.3 Å². The molecule has 1 aliphatic carbocycles. The summed E-state index contributed by atoms with van der Waals surface area (Å²) in [4.78, 5) is 9.68. The van der Waals surface area contributed by atoms with Crippen LogP contribution in [-0.4, -0.2) is 30.6 Å². The van der Waals surface area contributed by atoms with Crippen molar-refractivity contribution >= 4 is 17.3 Å². The van der Waals surface area contributed by atoms with Crippen molar-refractivity contribution in [3.8, 4) is 0 Å². The molecule has 0 amide bonds. The van der Waals surface area contributed by atoms with Gasteiger partial charge in [-0.05, 0) is 25.5 Å². The average molecular weight is 350 g/mol. The van der Waals surface area contributed by atoms with Crippen LogP contribution in [0, 0.1) is 18.6 Å². The Morgan fingerprint density at radius 2 is 2.12 bits per heavy atom. The molecule has 1 aliphatic rings. The molecule has 7 heteroatoms. The van der Waals surface area contributed by atoms with Crippen molar-refractivity contribution in [2.45, 2.75) is 31.7 Å². The molecule has 0 aliphatic heterocycles. The van der Waals surface area contributed by atoms with Gasteiger partial charge in [0.1, 0.15) is 11.6 Å². The van der Waals surface area contributed by atoms with Crippen molar-refractivity contribution in [3.05, 3.63) is 51.5 Å². The van der Waals surface area contributed by atoms with Gasteiger partial charge in [-0.2, -0.15) is 0 Å². The van der Waals surface area contributed by atoms with Crippen molar-refractivity contribution in [2.24, 2.45) is 4.99 Å². The summed E-state index contributed by atoms with van der Waals surface area (Å²) in [7, 11) is 1.68. The second kappa shape index (κ2) is 7.25. The van der Waals surface area contributed by atoms with Gasteiger partial charge in [-0.1, -0.05) is 6.07 Å². The van der Waals surface area contributed by atoms with Gasteiger partial charge in [0, 0.05) is 48.6 Å². The minimum Gasteiger partial charge on any atom is -0.356 e. The van der Waals surface area contributed by atoms with E-state index in [0.29, 0.717) is 18.9 Å². The van der Waals surface area contributed by atoms with Crippen LogP contribution in [-0.2, 0) is 6.42 Å². The lowest BCUT2D eigenvalue weighted by atomic mass is 10.1. The van der Waals surface area contributed by atoms with Crippen LogP contribution in [0.2, 0.25) is 0 Å². The molecule has 0 spiro atoms. The number of nitrogens with one attached hydrogen (secondary N) is 2. The van der Waals surface area contributed by atoms with E-state index < -0.39 is 11.6 Å². The van der Waals surface area contributed by atoms with E-state index in [1.807, 2.05) is 13.1 Å². The van der Waals surface area contributed by atoms with E-state index in [2.05, 4.69) is 20.6 Å². The second-order valence-electron chi connectivity index (χ2n) is 5.84. The highest BCUT2D eigenvalue weighted by Gasteiger charge is 2.42. The van der Waals surface area contributed by atoms with E-state index in [9.17, 15) is 8.78 Å². The van der Waals surface area contributed by atoms with Gasteiger partial charge in [0.05, 0.1) is 5.01 Å². The molecule has 24 heavy (non-hydrogen) atoms. The fourth-order valence-corrected chi connectivity index (χ4v) is 3.50. The van der Waals surface area contributed by atoms with Gasteiger partial charge in [0.25, 0.3) is 0 Å². The summed E-state index contributed by atoms with van der Waals surface area (Å²) in [5.74, 6) is -0.461. The van der Waals surface area contributed by atoms with E-state index in [4.69, 9.17) is 0 Å². The van der Waals surface area contributed by atoms with E-state index >= 15 is 0 Å². The van der Waals surface area contributed by atoms with Crippen LogP contribution in [0.1, 0.15) is 27.8 Å². The Balaban J connectivity index is 1.50. The van der Waals surface area contributed by atoms with Crippen molar-refractivity contribution in [1.82, 2.24) is 15.6 Å². The lowest BCUT2D eigenvalue weighted by molar-refractivity contribution is 0.553. The highest BCUT2D eigenvalue weighted by Crippen LogP contribution is 2.42. The van der Waals surface area contributed by atoms with Crippen molar-refractivity contribution in [1.29, 1.82) is 0 Å². The molecule has 2 atom stereocenters. The number of benzene rings is 1. The van der Waals surface area contributed by atoms with Crippen LogP contribution >= 0.6 is 11.3 Å². The van der Waals surface area contributed by atoms with Gasteiger partial charge >= 0.3 is 0 Å². The summed E-state index contributed by atoms with van der Waals surface area (Å²) in [6.07, 6.45) is 3.38. The molecule has 0 radical (unpaired) electrons. The number of guanidine groups is 1. The fraction of sp³-hybridized carbons (Fsp3) is 0.412. The number of nitrogens with zero attached hydrogens (tertiary/aromatic N) is 2. The van der Waals surface area contributed by atoms with Gasteiger partial charge in [-0.3, -0.25) is 4.99 Å². The number of hydrogen-bond donors (Lipinski definition) is 2. The summed E-state index contributed by atoms with van der Waals surface area (Å²) in [5, 5.41) is 7.52. The average Bonchev–Trinajstić information content (AvgIpc) is 3.17. The van der Waals surface area contributed by atoms with Gasteiger partial charge in [0.15, 0.2) is 5.96 Å². The summed E-state index contributed by atoms with van der Waals surface area (Å²) < 4.78 is 27.6. The molecule has 1 aromatic heterocycles. The van der Waals surface area contributed by atoms with E-state index in [1.165, 1.54) is 23.1 Å². The molecule has 1 heterocycles. The highest BCUT2D eigenvalue weighted by atomic mass is 32.1. The van der Waals surface area contributed by atoms with Crippen LogP contribution in [0.15, 0.2) is 29.4 Å². The molecular weight excluding hydrogens is 330 g/mol. The zero-order chi connectivity index (χ0) is 17.1. The first-order valence-electron chi connectivity index (χ1n) is 7.91. The first kappa shape index (κ1) is 16.8. The molecular formula is C17H20F2N4S. The summed E-state index contributed by atoms with van der Waals surface area (Å²) in [6, 6.07) is 4.00. The Hall–Kier alpha value is -2.02. The van der Waals surface area contributed by atoms with E-state index in [1.54, 1.807) is 18.4 Å². The largest absolute Gasteiger partial charge is 0.356 e. The van der Waals surface area contributed by atoms with Crippen molar-refractivity contribution in [3.63, 3.8) is 0 Å². The number of hydrogen-bond acceptors (Lipinski definition) is 3. The zero-order valence-electron chi connectivity index (χ0n) is 13.6. The molecule has 0 bridgehead atoms. The van der Waals surface area contributed by atoms with Gasteiger partial charge in [-0.15, -0.1) is 11.3 Å². The molecule has 1 saturated carbocycles. The van der Waals surface area contributed by atoms with Crippen LogP contribution in [0.3, 0.4) is 0 Å². The maximum Gasteiger partial charge on any atom is 0.191 e. The summed E-state index contributed by atoms with van der Waals surface area (Å²) >= 11 is 1.68. The van der Waals surface area contributed by atoms with Crippen LogP contribution < -0.4 is 10.6 Å². The van der Waals surface area contributed by atoms with E-state index in [-0.39, 0.29) is 17.5 Å². The number of aryl methyl sites for hydroxylation is 1. The van der Waals surface area contributed by atoms with Crippen LogP contribution in [0.25, 0.3) is 0 Å². The fourth-order valence-electron chi connectivity index (χ4n) is 2.71. The monoisotopic (exact) mass is 350 g/mol. The molecule has 2 unspecified atom stereocenters. The van der Waals surface area contributed by atoms with E-state index in [0.717, 1.165) is 11.4 Å². The summed E-state index contributed by atoms with van der Waals surface area (Å²) in [5.41, 5.74) is 0.170. The number of rotatable bonds is 5. The predicted octanol–water partition coefficient (Wildman–Crippen LogP) is 2.99. The molecule has 1 aromatic carbocycles. The second-order valence-corrected chi connectivity index (χ2v) is 7.16. The first-order chi connectivity index (χ1) is 11.6. The standard InChI is InChI=1S/C17H20F2N4S/c1-10-9-22-15(24-10)6-7-21-17(20-2)23-14-8-11(14)16-12(18)4-3-5-13(16)19/h3-5,9,11,14H,6-8H2,1-2H3,(H2,20,21,23). The lowest BCUT2D eigenvalue weighted by Crippen LogP contribution is -2.40. The maximum absolute atomic E-state index is 13.8. The zero-order valence-corrected chi connectivity index (χ0v) is 14.5. The van der Waals surface area contributed by atoms with Crippen LogP contribution in [0.5, 0.6) is 0 Å². The molecule has 2 aromatic rings. The third-order valence-corrected chi connectivity index (χ3v) is 4.98. The normalized spacial score (nSPS) is 20.1. The SMILES string of the molecule is CN=C(NCCc1ncc(C)s1)NC1CC1c1c(F)cccc1F. The van der Waals surface area contributed by atoms with Crippen LogP contribution in [0.4, 0.5) is 8.78 Å². The number of aliphatic imine (C=N–C) groups is 1. The molecule has 3 rings (SSSR count). The molecule has 4 nitrogen and oxygen atoms in total. The Bertz CT molecular complexity index is 724. The first-order valence-corrected chi connectivity index (χ1v) is 8.72. The molecule has 2 N–H and O–H groups in total. The third kappa shape index (κ3) is 3.90. The van der Waals surface area contributed by atoms with Gasteiger partial charge < -0.3 is 10.6 Å². The predicted molar refractivity (Wildman–Crippen MR) is 92.6 cm³/mol.